The van der Waals surface area contributed by atoms with Crippen molar-refractivity contribution in [3.63, 3.8) is 0 Å². The fourth-order valence-electron chi connectivity index (χ4n) is 1.25. The van der Waals surface area contributed by atoms with Gasteiger partial charge < -0.3 is 9.72 Å². The van der Waals surface area contributed by atoms with Gasteiger partial charge in [-0.25, -0.2) is 9.97 Å². The summed E-state index contributed by atoms with van der Waals surface area (Å²) in [6.45, 7) is 2.16. The molecule has 0 radical (unpaired) electrons. The number of thioether (sulfide) groups is 1. The summed E-state index contributed by atoms with van der Waals surface area (Å²) in [7, 11) is 0. The molecule has 0 saturated heterocycles. The molecule has 5 nitrogen and oxygen atoms in total. The Labute approximate surface area is 107 Å². The second kappa shape index (κ2) is 5.37. The first-order valence-corrected chi connectivity index (χ1v) is 6.36. The van der Waals surface area contributed by atoms with E-state index in [0.29, 0.717) is 22.6 Å². The van der Waals surface area contributed by atoms with E-state index in [0.717, 1.165) is 5.52 Å². The lowest BCUT2D eigenvalue weighted by Crippen LogP contribution is -2.06. The summed E-state index contributed by atoms with van der Waals surface area (Å²) in [5, 5.41) is 1.02. The smallest absolute Gasteiger partial charge is 0.316 e. The molecular formula is C10H10ClN3O2S. The van der Waals surface area contributed by atoms with E-state index in [9.17, 15) is 4.79 Å². The number of ether oxygens (including phenoxy) is 1. The number of aromatic amines is 1. The number of halogens is 1. The van der Waals surface area contributed by atoms with Gasteiger partial charge in [0.15, 0.2) is 10.8 Å². The Hall–Kier alpha value is -1.27. The molecule has 2 aromatic heterocycles. The summed E-state index contributed by atoms with van der Waals surface area (Å²) in [5.41, 5.74) is 1.34. The van der Waals surface area contributed by atoms with Gasteiger partial charge in [-0.15, -0.1) is 0 Å². The molecule has 0 unspecified atom stereocenters. The highest BCUT2D eigenvalue weighted by Crippen LogP contribution is 2.19. The molecule has 7 heteroatoms. The number of hydrogen-bond acceptors (Lipinski definition) is 5. The van der Waals surface area contributed by atoms with Crippen LogP contribution in [0.25, 0.3) is 11.2 Å². The van der Waals surface area contributed by atoms with Gasteiger partial charge in [0, 0.05) is 0 Å². The Kier molecular flexibility index (Phi) is 3.86. The molecule has 0 fully saturated rings. The minimum absolute atomic E-state index is 0.224. The third-order valence-electron chi connectivity index (χ3n) is 1.92. The van der Waals surface area contributed by atoms with Crippen LogP contribution in [0.4, 0.5) is 0 Å². The van der Waals surface area contributed by atoms with Crippen molar-refractivity contribution in [1.29, 1.82) is 0 Å². The predicted molar refractivity (Wildman–Crippen MR) is 66.3 cm³/mol. The molecule has 0 aliphatic heterocycles. The van der Waals surface area contributed by atoms with Crippen LogP contribution < -0.4 is 0 Å². The van der Waals surface area contributed by atoms with Gasteiger partial charge in [-0.3, -0.25) is 4.79 Å². The van der Waals surface area contributed by atoms with E-state index >= 15 is 0 Å². The zero-order chi connectivity index (χ0) is 12.3. The first kappa shape index (κ1) is 12.2. The number of nitrogens with zero attached hydrogens (tertiary/aromatic N) is 2. The van der Waals surface area contributed by atoms with E-state index in [1.807, 2.05) is 0 Å². The SMILES string of the molecule is CCOC(=O)CSc1nc2nc(Cl)ccc2[nH]1. The van der Waals surface area contributed by atoms with Crippen LogP contribution in [0.15, 0.2) is 17.3 Å². The molecule has 0 saturated carbocycles. The van der Waals surface area contributed by atoms with Crippen LogP contribution in [-0.4, -0.2) is 33.3 Å². The minimum atomic E-state index is -0.260. The second-order valence-electron chi connectivity index (χ2n) is 3.14. The first-order valence-electron chi connectivity index (χ1n) is 4.99. The van der Waals surface area contributed by atoms with Gasteiger partial charge in [0.25, 0.3) is 0 Å². The van der Waals surface area contributed by atoms with Gasteiger partial charge in [-0.05, 0) is 19.1 Å². The lowest BCUT2D eigenvalue weighted by molar-refractivity contribution is -0.139. The summed E-state index contributed by atoms with van der Waals surface area (Å²) < 4.78 is 4.82. The topological polar surface area (TPSA) is 67.9 Å². The minimum Gasteiger partial charge on any atom is -0.465 e. The molecule has 0 amide bonds. The number of esters is 1. The maximum absolute atomic E-state index is 11.2. The lowest BCUT2D eigenvalue weighted by Gasteiger charge is -1.98. The molecule has 0 spiro atoms. The fourth-order valence-corrected chi connectivity index (χ4v) is 2.06. The van der Waals surface area contributed by atoms with Crippen LogP contribution in [0, 0.1) is 0 Å². The number of hydrogen-bond donors (Lipinski definition) is 1. The van der Waals surface area contributed by atoms with Crippen LogP contribution in [-0.2, 0) is 9.53 Å². The summed E-state index contributed by atoms with van der Waals surface area (Å²) in [6.07, 6.45) is 0. The van der Waals surface area contributed by atoms with Gasteiger partial charge in [-0.2, -0.15) is 0 Å². The Balaban J connectivity index is 2.07. The summed E-state index contributed by atoms with van der Waals surface area (Å²) >= 11 is 7.03. The van der Waals surface area contributed by atoms with Crippen molar-refractivity contribution in [2.45, 2.75) is 12.1 Å². The molecule has 0 bridgehead atoms. The number of H-pyrrole nitrogens is 1. The summed E-state index contributed by atoms with van der Waals surface area (Å²) in [4.78, 5) is 22.5. The number of rotatable bonds is 4. The number of carbonyl (C=O) groups is 1. The Morgan fingerprint density at radius 2 is 2.35 bits per heavy atom. The zero-order valence-electron chi connectivity index (χ0n) is 9.07. The van der Waals surface area contributed by atoms with Gasteiger partial charge >= 0.3 is 5.97 Å². The summed E-state index contributed by atoms with van der Waals surface area (Å²) in [6, 6.07) is 3.48. The number of carbonyl (C=O) groups excluding carboxylic acids is 1. The van der Waals surface area contributed by atoms with E-state index < -0.39 is 0 Å². The standard InChI is InChI=1S/C10H10ClN3O2S/c1-2-16-8(15)5-17-10-12-6-3-4-7(11)13-9(6)14-10/h3-4H,2,5H2,1H3,(H,12,13,14). The molecule has 2 rings (SSSR count). The molecule has 2 aromatic rings. The number of nitrogens with one attached hydrogen (secondary N) is 1. The van der Waals surface area contributed by atoms with E-state index in [1.54, 1.807) is 19.1 Å². The third-order valence-corrected chi connectivity index (χ3v) is 2.98. The molecule has 0 aromatic carbocycles. The second-order valence-corrected chi connectivity index (χ2v) is 4.49. The maximum Gasteiger partial charge on any atom is 0.316 e. The Morgan fingerprint density at radius 1 is 1.53 bits per heavy atom. The lowest BCUT2D eigenvalue weighted by atomic mass is 10.4. The highest BCUT2D eigenvalue weighted by atomic mass is 35.5. The average molecular weight is 272 g/mol. The molecule has 0 atom stereocenters. The van der Waals surface area contributed by atoms with Crippen LogP contribution in [0.5, 0.6) is 0 Å². The van der Waals surface area contributed by atoms with Crippen molar-refractivity contribution in [3.8, 4) is 0 Å². The predicted octanol–water partition coefficient (Wildman–Crippen LogP) is 2.27. The van der Waals surface area contributed by atoms with Crippen molar-refractivity contribution in [2.75, 3.05) is 12.4 Å². The van der Waals surface area contributed by atoms with Gasteiger partial charge in [-0.1, -0.05) is 23.4 Å². The normalized spacial score (nSPS) is 10.7. The quantitative estimate of drug-likeness (QED) is 0.525. The molecule has 0 aliphatic carbocycles. The van der Waals surface area contributed by atoms with Crippen molar-refractivity contribution in [1.82, 2.24) is 15.0 Å². The van der Waals surface area contributed by atoms with Gasteiger partial charge in [0.2, 0.25) is 0 Å². The van der Waals surface area contributed by atoms with Crippen LogP contribution in [0.2, 0.25) is 5.15 Å². The largest absolute Gasteiger partial charge is 0.465 e. The maximum atomic E-state index is 11.2. The van der Waals surface area contributed by atoms with E-state index in [-0.39, 0.29) is 11.7 Å². The van der Waals surface area contributed by atoms with Gasteiger partial charge in [0.1, 0.15) is 5.15 Å². The number of pyridine rings is 1. The fraction of sp³-hybridized carbons (Fsp3) is 0.300. The van der Waals surface area contributed by atoms with Gasteiger partial charge in [0.05, 0.1) is 17.9 Å². The molecule has 90 valence electrons. The van der Waals surface area contributed by atoms with E-state index in [4.69, 9.17) is 16.3 Å². The highest BCUT2D eigenvalue weighted by molar-refractivity contribution is 7.99. The van der Waals surface area contributed by atoms with Crippen molar-refractivity contribution in [3.05, 3.63) is 17.3 Å². The molecule has 1 N–H and O–H groups in total. The third kappa shape index (κ3) is 3.10. The molecular weight excluding hydrogens is 262 g/mol. The molecule has 0 aliphatic rings. The average Bonchev–Trinajstić information content (AvgIpc) is 2.68. The number of aromatic nitrogens is 3. The highest BCUT2D eigenvalue weighted by Gasteiger charge is 2.08. The monoisotopic (exact) mass is 271 g/mol. The first-order chi connectivity index (χ1) is 8.19. The molecule has 2 heterocycles. The Morgan fingerprint density at radius 3 is 3.12 bits per heavy atom. The van der Waals surface area contributed by atoms with Crippen LogP contribution in [0.3, 0.4) is 0 Å². The van der Waals surface area contributed by atoms with E-state index in [2.05, 4.69) is 15.0 Å². The van der Waals surface area contributed by atoms with Crippen molar-refractivity contribution in [2.24, 2.45) is 0 Å². The number of imidazole rings is 1. The van der Waals surface area contributed by atoms with E-state index in [1.165, 1.54) is 11.8 Å². The Bertz CT molecular complexity index is 543. The van der Waals surface area contributed by atoms with Crippen LogP contribution in [0.1, 0.15) is 6.92 Å². The van der Waals surface area contributed by atoms with Crippen LogP contribution >= 0.6 is 23.4 Å². The number of fused-ring (bicyclic) bond motifs is 1. The summed E-state index contributed by atoms with van der Waals surface area (Å²) in [5.74, 6) is -0.0366. The molecule has 17 heavy (non-hydrogen) atoms. The van der Waals surface area contributed by atoms with Crippen molar-refractivity contribution < 1.29 is 9.53 Å². The zero-order valence-corrected chi connectivity index (χ0v) is 10.6. The van der Waals surface area contributed by atoms with Crippen molar-refractivity contribution >= 4 is 40.5 Å².